The molecule has 1 N–H and O–H groups in total. The Balaban J connectivity index is 1.36. The zero-order chi connectivity index (χ0) is 20.1. The molecule has 0 saturated heterocycles. The molecule has 0 saturated carbocycles. The molecule has 2 heteroatoms. The van der Waals surface area contributed by atoms with Crippen LogP contribution in [0.25, 0.3) is 5.57 Å². The van der Waals surface area contributed by atoms with Gasteiger partial charge >= 0.3 is 0 Å². The summed E-state index contributed by atoms with van der Waals surface area (Å²) in [4.78, 5) is 1.50. The van der Waals surface area contributed by atoms with Gasteiger partial charge < -0.3 is 5.11 Å². The van der Waals surface area contributed by atoms with Gasteiger partial charge in [-0.15, -0.1) is 11.3 Å². The highest BCUT2D eigenvalue weighted by atomic mass is 32.1. The van der Waals surface area contributed by atoms with E-state index in [1.165, 1.54) is 59.2 Å². The lowest BCUT2D eigenvalue weighted by Crippen LogP contribution is -2.03. The van der Waals surface area contributed by atoms with Gasteiger partial charge in [-0.2, -0.15) is 0 Å². The van der Waals surface area contributed by atoms with Crippen LogP contribution in [0.2, 0.25) is 0 Å². The summed E-state index contributed by atoms with van der Waals surface area (Å²) in [5.74, 6) is 0.679. The van der Waals surface area contributed by atoms with E-state index in [1.54, 1.807) is 0 Å². The van der Waals surface area contributed by atoms with Crippen molar-refractivity contribution in [2.45, 2.75) is 51.6 Å². The quantitative estimate of drug-likeness (QED) is 0.424. The summed E-state index contributed by atoms with van der Waals surface area (Å²) in [5.41, 5.74) is 6.27. The molecular weight excluding hydrogens is 372 g/mol. The van der Waals surface area contributed by atoms with Crippen LogP contribution in [0, 0.1) is 12.8 Å². The van der Waals surface area contributed by atoms with E-state index in [0.29, 0.717) is 12.3 Å². The summed E-state index contributed by atoms with van der Waals surface area (Å²) in [6.07, 6.45) is 8.82. The predicted molar refractivity (Wildman–Crippen MR) is 124 cm³/mol. The molecule has 0 radical (unpaired) electrons. The normalized spacial score (nSPS) is 17.3. The average molecular weight is 403 g/mol. The highest BCUT2D eigenvalue weighted by Crippen LogP contribution is 2.37. The van der Waals surface area contributed by atoms with Crippen LogP contribution in [0.15, 0.2) is 72.1 Å². The third-order valence-corrected chi connectivity index (χ3v) is 6.95. The van der Waals surface area contributed by atoms with Crippen LogP contribution in [0.1, 0.15) is 58.9 Å². The van der Waals surface area contributed by atoms with Crippen LogP contribution in [-0.4, -0.2) is 5.11 Å². The molecular formula is C27H30OS. The number of rotatable bonds is 8. The van der Waals surface area contributed by atoms with Gasteiger partial charge in [0.15, 0.2) is 0 Å². The average Bonchev–Trinajstić information content (AvgIpc) is 3.40. The number of aryl methyl sites for hydroxylation is 2. The van der Waals surface area contributed by atoms with Gasteiger partial charge in [-0.05, 0) is 78.7 Å². The molecule has 0 amide bonds. The first kappa shape index (κ1) is 20.1. The zero-order valence-electron chi connectivity index (χ0n) is 17.2. The molecule has 0 spiro atoms. The van der Waals surface area contributed by atoms with E-state index in [4.69, 9.17) is 0 Å². The van der Waals surface area contributed by atoms with Gasteiger partial charge in [0.2, 0.25) is 0 Å². The minimum absolute atomic E-state index is 0.454. The second kappa shape index (κ2) is 9.56. The summed E-state index contributed by atoms with van der Waals surface area (Å²) in [6, 6.07) is 21.4. The van der Waals surface area contributed by atoms with Crippen LogP contribution >= 0.6 is 11.3 Å². The van der Waals surface area contributed by atoms with Crippen LogP contribution in [-0.2, 0) is 12.8 Å². The molecule has 4 rings (SSSR count). The summed E-state index contributed by atoms with van der Waals surface area (Å²) in [5, 5.41) is 12.8. The van der Waals surface area contributed by atoms with E-state index >= 15 is 0 Å². The first-order valence-corrected chi connectivity index (χ1v) is 11.6. The maximum Gasteiger partial charge on any atom is 0.0830 e. The molecule has 0 fully saturated rings. The Morgan fingerprint density at radius 2 is 1.93 bits per heavy atom. The van der Waals surface area contributed by atoms with Gasteiger partial charge in [-0.3, -0.25) is 0 Å². The van der Waals surface area contributed by atoms with Gasteiger partial charge in [0.05, 0.1) is 6.10 Å². The van der Waals surface area contributed by atoms with E-state index in [1.807, 2.05) is 11.3 Å². The Morgan fingerprint density at radius 1 is 1.07 bits per heavy atom. The molecule has 1 unspecified atom stereocenters. The summed E-state index contributed by atoms with van der Waals surface area (Å²) in [7, 11) is 0. The first-order chi connectivity index (χ1) is 14.2. The Labute approximate surface area is 178 Å². The summed E-state index contributed by atoms with van der Waals surface area (Å²) in [6.45, 7) is 2.09. The van der Waals surface area contributed by atoms with Gasteiger partial charge in [0, 0.05) is 11.3 Å². The molecule has 29 heavy (non-hydrogen) atoms. The number of benzene rings is 2. The van der Waals surface area contributed by atoms with Crippen molar-refractivity contribution >= 4 is 16.9 Å². The Bertz CT molecular complexity index is 937. The van der Waals surface area contributed by atoms with Crippen molar-refractivity contribution < 1.29 is 5.11 Å². The van der Waals surface area contributed by atoms with Crippen molar-refractivity contribution in [1.29, 1.82) is 0 Å². The Hall–Kier alpha value is -2.16. The molecule has 150 valence electrons. The topological polar surface area (TPSA) is 20.2 Å². The van der Waals surface area contributed by atoms with Crippen LogP contribution in [0.5, 0.6) is 0 Å². The minimum Gasteiger partial charge on any atom is -0.388 e. The largest absolute Gasteiger partial charge is 0.388 e. The number of hydrogen-bond donors (Lipinski definition) is 1. The Kier molecular flexibility index (Phi) is 6.63. The zero-order valence-corrected chi connectivity index (χ0v) is 18.0. The molecule has 3 aromatic rings. The fourth-order valence-corrected chi connectivity index (χ4v) is 5.22. The number of thiophene rings is 1. The third-order valence-electron chi connectivity index (χ3n) is 6.02. The number of aliphatic hydroxyl groups is 1. The number of hydrogen-bond acceptors (Lipinski definition) is 2. The van der Waals surface area contributed by atoms with Crippen LogP contribution in [0.3, 0.4) is 0 Å². The molecule has 2 aromatic carbocycles. The van der Waals surface area contributed by atoms with Crippen LogP contribution < -0.4 is 0 Å². The molecule has 1 aliphatic carbocycles. The highest BCUT2D eigenvalue weighted by Gasteiger charge is 2.20. The molecule has 1 aliphatic rings. The van der Waals surface area contributed by atoms with E-state index in [0.717, 1.165) is 5.56 Å². The molecule has 1 nitrogen and oxygen atoms in total. The van der Waals surface area contributed by atoms with Crippen molar-refractivity contribution in [2.75, 3.05) is 0 Å². The maximum absolute atomic E-state index is 10.7. The van der Waals surface area contributed by atoms with E-state index in [-0.39, 0.29) is 0 Å². The van der Waals surface area contributed by atoms with Crippen molar-refractivity contribution in [3.8, 4) is 0 Å². The standard InChI is InChI=1S/C27H30OS/c1-20-6-2-7-21(18-20)19-27(28)24-15-13-23(14-16-24)26-12-4-9-22(26)8-3-10-25-11-5-17-29-25/h2,5-7,11-18,22,27-28H,3-4,8-10,19H2,1H3/t22-,27?/m0/s1. The SMILES string of the molecule is Cc1cccc(CC(O)c2ccc(C3=CCC[C@@H]3CCCc3cccs3)cc2)c1. The van der Waals surface area contributed by atoms with E-state index in [2.05, 4.69) is 79.0 Å². The smallest absolute Gasteiger partial charge is 0.0830 e. The lowest BCUT2D eigenvalue weighted by Gasteiger charge is -2.17. The van der Waals surface area contributed by atoms with Gasteiger partial charge in [0.25, 0.3) is 0 Å². The number of allylic oxidation sites excluding steroid dienone is 2. The lowest BCUT2D eigenvalue weighted by molar-refractivity contribution is 0.178. The minimum atomic E-state index is -0.454. The molecule has 2 atom stereocenters. The fourth-order valence-electron chi connectivity index (χ4n) is 4.47. The van der Waals surface area contributed by atoms with Crippen LogP contribution in [0.4, 0.5) is 0 Å². The van der Waals surface area contributed by atoms with Gasteiger partial charge in [-0.25, -0.2) is 0 Å². The van der Waals surface area contributed by atoms with Crippen molar-refractivity contribution in [1.82, 2.24) is 0 Å². The first-order valence-electron chi connectivity index (χ1n) is 10.8. The molecule has 1 heterocycles. The van der Waals surface area contributed by atoms with E-state index in [9.17, 15) is 5.11 Å². The number of aliphatic hydroxyl groups excluding tert-OH is 1. The lowest BCUT2D eigenvalue weighted by atomic mass is 9.89. The molecule has 0 aliphatic heterocycles. The second-order valence-corrected chi connectivity index (χ2v) is 9.27. The monoisotopic (exact) mass is 402 g/mol. The highest BCUT2D eigenvalue weighted by molar-refractivity contribution is 7.09. The molecule has 1 aromatic heterocycles. The van der Waals surface area contributed by atoms with Crippen molar-refractivity contribution in [3.63, 3.8) is 0 Å². The Morgan fingerprint density at radius 3 is 2.69 bits per heavy atom. The van der Waals surface area contributed by atoms with Crippen molar-refractivity contribution in [2.24, 2.45) is 5.92 Å². The predicted octanol–water partition coefficient (Wildman–Crippen LogP) is 7.15. The van der Waals surface area contributed by atoms with Crippen molar-refractivity contribution in [3.05, 3.63) is 99.3 Å². The molecule has 0 bridgehead atoms. The second-order valence-electron chi connectivity index (χ2n) is 8.24. The van der Waals surface area contributed by atoms with E-state index < -0.39 is 6.10 Å². The fraction of sp³-hybridized carbons (Fsp3) is 0.333. The third kappa shape index (κ3) is 5.26. The summed E-state index contributed by atoms with van der Waals surface area (Å²) < 4.78 is 0. The maximum atomic E-state index is 10.7. The van der Waals surface area contributed by atoms with Gasteiger partial charge in [0.1, 0.15) is 0 Å². The summed E-state index contributed by atoms with van der Waals surface area (Å²) >= 11 is 1.87. The van der Waals surface area contributed by atoms with Gasteiger partial charge in [-0.1, -0.05) is 66.2 Å².